The molecule has 0 aliphatic heterocycles. The molecule has 2 aromatic carbocycles. The van der Waals surface area contributed by atoms with Crippen molar-refractivity contribution in [3.63, 3.8) is 0 Å². The van der Waals surface area contributed by atoms with Gasteiger partial charge < -0.3 is 5.32 Å². The normalized spacial score (nSPS) is 9.04. The van der Waals surface area contributed by atoms with E-state index < -0.39 is 4.92 Å². The summed E-state index contributed by atoms with van der Waals surface area (Å²) in [5.41, 5.74) is 1.11. The number of anilines is 1. The van der Waals surface area contributed by atoms with Crippen LogP contribution in [-0.2, 0) is 0 Å². The lowest BCUT2D eigenvalue weighted by Crippen LogP contribution is -2.00. The highest BCUT2D eigenvalue weighted by Gasteiger charge is 2.14. The maximum atomic E-state index is 11.1. The van der Waals surface area contributed by atoms with Gasteiger partial charge in [0.25, 0.3) is 5.69 Å². The summed E-state index contributed by atoms with van der Waals surface area (Å²) in [5.74, 6) is 0. The molecule has 0 fully saturated rings. The molecule has 0 saturated carbocycles. The molecule has 0 amide bonds. The molecule has 7 nitrogen and oxygen atoms in total. The van der Waals surface area contributed by atoms with E-state index in [4.69, 9.17) is 15.8 Å². The number of para-hydroxylation sites is 1. The third-order valence-corrected chi connectivity index (χ3v) is 3.15. The molecule has 0 heterocycles. The third-order valence-electron chi connectivity index (χ3n) is 3.15. The van der Waals surface area contributed by atoms with E-state index in [9.17, 15) is 10.1 Å². The number of nitro groups is 1. The first-order valence-electron chi connectivity index (χ1n) is 6.66. The number of benzene rings is 2. The summed E-state index contributed by atoms with van der Waals surface area (Å²) >= 11 is 0. The van der Waals surface area contributed by atoms with Crippen LogP contribution in [0.3, 0.4) is 0 Å². The Morgan fingerprint density at radius 2 is 1.58 bits per heavy atom. The van der Waals surface area contributed by atoms with Gasteiger partial charge in [0, 0.05) is 11.8 Å². The van der Waals surface area contributed by atoms with E-state index in [-0.39, 0.29) is 17.0 Å². The number of nitrogens with zero attached hydrogens (tertiary/aromatic N) is 4. The largest absolute Gasteiger partial charge is 0.345 e. The van der Waals surface area contributed by atoms with Crippen molar-refractivity contribution in [2.75, 3.05) is 5.32 Å². The molecule has 0 unspecified atom stereocenters. The van der Waals surface area contributed by atoms with Crippen molar-refractivity contribution in [3.05, 3.63) is 69.9 Å². The van der Waals surface area contributed by atoms with Gasteiger partial charge >= 0.3 is 0 Å². The second kappa shape index (κ2) is 7.22. The lowest BCUT2D eigenvalue weighted by molar-refractivity contribution is -0.384. The fraction of sp³-hybridized carbons (Fsp3) is 0. The van der Waals surface area contributed by atoms with Crippen molar-refractivity contribution in [1.82, 2.24) is 0 Å². The molecule has 7 heteroatoms. The van der Waals surface area contributed by atoms with E-state index in [1.54, 1.807) is 60.7 Å². The summed E-state index contributed by atoms with van der Waals surface area (Å²) in [4.78, 5) is 10.6. The standard InChI is InChI=1S/C17H9N5O2/c18-9-13(10-19)16(11-20)21-14-7-5-12(6-8-14)15-3-1-2-4-17(15)22(23)24/h1-8,21H. The molecular weight excluding hydrogens is 306 g/mol. The molecule has 0 radical (unpaired) electrons. The summed E-state index contributed by atoms with van der Waals surface area (Å²) in [7, 11) is 0. The number of nitriles is 3. The molecule has 2 aromatic rings. The smallest absolute Gasteiger partial charge is 0.277 e. The topological polar surface area (TPSA) is 127 Å². The molecule has 1 N–H and O–H groups in total. The molecule has 0 aliphatic carbocycles. The Kier molecular flexibility index (Phi) is 4.88. The first-order chi connectivity index (χ1) is 11.6. The zero-order valence-electron chi connectivity index (χ0n) is 12.2. The molecule has 0 saturated heterocycles. The highest BCUT2D eigenvalue weighted by molar-refractivity contribution is 5.75. The van der Waals surface area contributed by atoms with Crippen molar-refractivity contribution < 1.29 is 4.92 Å². The van der Waals surface area contributed by atoms with Crippen molar-refractivity contribution >= 4 is 11.4 Å². The van der Waals surface area contributed by atoms with Crippen LogP contribution >= 0.6 is 0 Å². The Bertz CT molecular complexity index is 925. The summed E-state index contributed by atoms with van der Waals surface area (Å²) < 4.78 is 0. The minimum atomic E-state index is -0.454. The van der Waals surface area contributed by atoms with Gasteiger partial charge in [-0.15, -0.1) is 0 Å². The maximum Gasteiger partial charge on any atom is 0.277 e. The molecular formula is C17H9N5O2. The van der Waals surface area contributed by atoms with E-state index in [1.165, 1.54) is 6.07 Å². The molecule has 0 bridgehead atoms. The average Bonchev–Trinajstić information content (AvgIpc) is 2.62. The van der Waals surface area contributed by atoms with Gasteiger partial charge in [-0.05, 0) is 23.8 Å². The highest BCUT2D eigenvalue weighted by atomic mass is 16.6. The van der Waals surface area contributed by atoms with Crippen LogP contribution in [0.5, 0.6) is 0 Å². The number of rotatable bonds is 4. The van der Waals surface area contributed by atoms with Crippen LogP contribution in [0.2, 0.25) is 0 Å². The van der Waals surface area contributed by atoms with Gasteiger partial charge in [0.05, 0.1) is 10.5 Å². The van der Waals surface area contributed by atoms with Crippen LogP contribution in [0.15, 0.2) is 59.8 Å². The van der Waals surface area contributed by atoms with E-state index in [1.807, 2.05) is 0 Å². The van der Waals surface area contributed by atoms with E-state index >= 15 is 0 Å². The second-order valence-electron chi connectivity index (χ2n) is 4.56. The molecule has 0 spiro atoms. The molecule has 0 atom stereocenters. The third kappa shape index (κ3) is 3.36. The molecule has 2 rings (SSSR count). The fourth-order valence-corrected chi connectivity index (χ4v) is 2.04. The quantitative estimate of drug-likeness (QED) is 0.522. The Labute approximate surface area is 137 Å². The van der Waals surface area contributed by atoms with Crippen molar-refractivity contribution in [2.45, 2.75) is 0 Å². The average molecular weight is 315 g/mol. The Morgan fingerprint density at radius 3 is 2.12 bits per heavy atom. The number of hydrogen-bond donors (Lipinski definition) is 1. The van der Waals surface area contributed by atoms with E-state index in [0.717, 1.165) is 0 Å². The Hall–Kier alpha value is -4.15. The van der Waals surface area contributed by atoms with E-state index in [2.05, 4.69) is 5.32 Å². The van der Waals surface area contributed by atoms with Gasteiger partial charge in [-0.2, -0.15) is 15.8 Å². The SMILES string of the molecule is N#CC(C#N)=C(C#N)Nc1ccc(-c2ccccc2[N+](=O)[O-])cc1. The minimum Gasteiger partial charge on any atom is -0.345 e. The summed E-state index contributed by atoms with van der Waals surface area (Å²) in [6.45, 7) is 0. The van der Waals surface area contributed by atoms with Crippen LogP contribution < -0.4 is 5.32 Å². The van der Waals surface area contributed by atoms with Crippen molar-refractivity contribution in [3.8, 4) is 29.3 Å². The van der Waals surface area contributed by atoms with Crippen LogP contribution in [0.25, 0.3) is 11.1 Å². The van der Waals surface area contributed by atoms with Crippen LogP contribution in [0, 0.1) is 44.1 Å². The zero-order chi connectivity index (χ0) is 17.5. The van der Waals surface area contributed by atoms with Gasteiger partial charge in [0.1, 0.15) is 23.9 Å². The predicted molar refractivity (Wildman–Crippen MR) is 86.0 cm³/mol. The summed E-state index contributed by atoms with van der Waals surface area (Å²) in [5, 5.41) is 40.4. The zero-order valence-corrected chi connectivity index (χ0v) is 12.2. The van der Waals surface area contributed by atoms with Gasteiger partial charge in [0.2, 0.25) is 0 Å². The lowest BCUT2D eigenvalue weighted by Gasteiger charge is -2.07. The minimum absolute atomic E-state index is 0.00735. The van der Waals surface area contributed by atoms with Crippen LogP contribution in [-0.4, -0.2) is 4.92 Å². The van der Waals surface area contributed by atoms with Crippen molar-refractivity contribution in [1.29, 1.82) is 15.8 Å². The molecule has 114 valence electrons. The summed E-state index contributed by atoms with van der Waals surface area (Å²) in [6, 6.07) is 17.9. The maximum absolute atomic E-state index is 11.1. The van der Waals surface area contributed by atoms with Crippen LogP contribution in [0.1, 0.15) is 0 Å². The monoisotopic (exact) mass is 315 g/mol. The molecule has 24 heavy (non-hydrogen) atoms. The van der Waals surface area contributed by atoms with E-state index in [0.29, 0.717) is 16.8 Å². The van der Waals surface area contributed by atoms with Crippen molar-refractivity contribution in [2.24, 2.45) is 0 Å². The van der Waals surface area contributed by atoms with Crippen LogP contribution in [0.4, 0.5) is 11.4 Å². The first kappa shape index (κ1) is 16.2. The Morgan fingerprint density at radius 1 is 0.958 bits per heavy atom. The van der Waals surface area contributed by atoms with Gasteiger partial charge in [0.15, 0.2) is 5.57 Å². The number of nitrogens with one attached hydrogen (secondary N) is 1. The highest BCUT2D eigenvalue weighted by Crippen LogP contribution is 2.30. The lowest BCUT2D eigenvalue weighted by atomic mass is 10.0. The molecule has 0 aromatic heterocycles. The van der Waals surface area contributed by atoms with Gasteiger partial charge in [-0.3, -0.25) is 10.1 Å². The molecule has 0 aliphatic rings. The first-order valence-corrected chi connectivity index (χ1v) is 6.66. The van der Waals surface area contributed by atoms with Gasteiger partial charge in [-0.25, -0.2) is 0 Å². The van der Waals surface area contributed by atoms with Gasteiger partial charge in [-0.1, -0.05) is 24.3 Å². The Balaban J connectivity index is 2.36. The number of allylic oxidation sites excluding steroid dienone is 2. The number of hydrogen-bond acceptors (Lipinski definition) is 6. The fourth-order valence-electron chi connectivity index (χ4n) is 2.04. The predicted octanol–water partition coefficient (Wildman–Crippen LogP) is 3.50. The number of nitro benzene ring substituents is 1. The second-order valence-corrected chi connectivity index (χ2v) is 4.56. The summed E-state index contributed by atoms with van der Waals surface area (Å²) in [6.07, 6.45) is 0.